The first kappa shape index (κ1) is 58.9. The summed E-state index contributed by atoms with van der Waals surface area (Å²) in [7, 11) is 0. The number of hydrogen-bond donors (Lipinski definition) is 0. The largest absolute Gasteiger partial charge is 0.466 e. The summed E-state index contributed by atoms with van der Waals surface area (Å²) >= 11 is 0. The lowest BCUT2D eigenvalue weighted by molar-refractivity contribution is -0.143. The SMILES string of the molecule is CCCCC/C=C\C/C=C/CCCCCCCCOC(=O)CCCCCCCCCCCCCCCCCCCCCCCCCCCCCCCCCCCCCCC. The molecule has 0 atom stereocenters. The van der Waals surface area contributed by atoms with Crippen LogP contribution in [-0.4, -0.2) is 12.6 Å². The summed E-state index contributed by atoms with van der Waals surface area (Å²) in [6.45, 7) is 5.19. The van der Waals surface area contributed by atoms with Crippen LogP contribution in [0.2, 0.25) is 0 Å². The Kier molecular flexibility index (Phi) is 55.0. The van der Waals surface area contributed by atoms with Crippen LogP contribution in [0.4, 0.5) is 0 Å². The van der Waals surface area contributed by atoms with Crippen LogP contribution >= 0.6 is 0 Å². The molecule has 0 aromatic carbocycles. The Labute approximate surface area is 379 Å². The van der Waals surface area contributed by atoms with Gasteiger partial charge in [-0.05, 0) is 44.9 Å². The van der Waals surface area contributed by atoms with Gasteiger partial charge in [-0.2, -0.15) is 0 Å². The van der Waals surface area contributed by atoms with E-state index in [0.29, 0.717) is 13.0 Å². The first-order valence-corrected chi connectivity index (χ1v) is 28.3. The van der Waals surface area contributed by atoms with Gasteiger partial charge in [-0.3, -0.25) is 4.79 Å². The molecule has 0 aromatic heterocycles. The monoisotopic (exact) mass is 841 g/mol. The third-order valence-electron chi connectivity index (χ3n) is 13.1. The van der Waals surface area contributed by atoms with Gasteiger partial charge in [-0.25, -0.2) is 0 Å². The van der Waals surface area contributed by atoms with Crippen LogP contribution < -0.4 is 0 Å². The molecule has 0 rings (SSSR count). The van der Waals surface area contributed by atoms with Crippen LogP contribution in [0.25, 0.3) is 0 Å². The summed E-state index contributed by atoms with van der Waals surface area (Å²) < 4.78 is 5.48. The first-order valence-electron chi connectivity index (χ1n) is 28.3. The van der Waals surface area contributed by atoms with Crippen molar-refractivity contribution in [3.63, 3.8) is 0 Å². The second-order valence-corrected chi connectivity index (χ2v) is 19.3. The Morgan fingerprint density at radius 3 is 0.833 bits per heavy atom. The maximum atomic E-state index is 12.1. The summed E-state index contributed by atoms with van der Waals surface area (Å²) in [5.74, 6) is 0.0221. The predicted molar refractivity (Wildman–Crippen MR) is 271 cm³/mol. The summed E-state index contributed by atoms with van der Waals surface area (Å²) in [4.78, 5) is 12.1. The van der Waals surface area contributed by atoms with E-state index < -0.39 is 0 Å². The van der Waals surface area contributed by atoms with Crippen molar-refractivity contribution < 1.29 is 9.53 Å². The first-order chi connectivity index (χ1) is 29.8. The molecule has 0 amide bonds. The second-order valence-electron chi connectivity index (χ2n) is 19.3. The highest BCUT2D eigenvalue weighted by Crippen LogP contribution is 2.18. The van der Waals surface area contributed by atoms with Crippen LogP contribution in [0.3, 0.4) is 0 Å². The Bertz CT molecular complexity index is 829. The summed E-state index contributed by atoms with van der Waals surface area (Å²) in [6, 6.07) is 0. The highest BCUT2D eigenvalue weighted by molar-refractivity contribution is 5.69. The fourth-order valence-electron chi connectivity index (χ4n) is 8.88. The van der Waals surface area contributed by atoms with Crippen molar-refractivity contribution in [3.05, 3.63) is 24.3 Å². The number of allylic oxidation sites excluding steroid dienone is 4. The van der Waals surface area contributed by atoms with Crippen molar-refractivity contribution >= 4 is 5.97 Å². The van der Waals surface area contributed by atoms with Gasteiger partial charge in [0.2, 0.25) is 0 Å². The third kappa shape index (κ3) is 55.0. The standard InChI is InChI=1S/C58H112O2/c1-3-5-7-9-11-13-15-17-19-21-22-23-24-25-26-27-28-29-30-31-32-33-34-35-36-37-38-39-40-41-42-44-46-48-50-52-54-56-58(59)60-57-55-53-51-49-47-45-43-20-18-16-14-12-10-8-6-4-2/h12,14,18,20H,3-11,13,15-17,19,21-57H2,1-2H3/b14-12-,20-18+. The van der Waals surface area contributed by atoms with E-state index >= 15 is 0 Å². The van der Waals surface area contributed by atoms with E-state index in [1.54, 1.807) is 0 Å². The summed E-state index contributed by atoms with van der Waals surface area (Å²) in [6.07, 6.45) is 77.9. The van der Waals surface area contributed by atoms with E-state index in [2.05, 4.69) is 38.2 Å². The molecule has 0 spiro atoms. The van der Waals surface area contributed by atoms with E-state index in [9.17, 15) is 4.79 Å². The zero-order chi connectivity index (χ0) is 43.2. The van der Waals surface area contributed by atoms with Gasteiger partial charge in [0.15, 0.2) is 0 Å². The van der Waals surface area contributed by atoms with Crippen LogP contribution in [-0.2, 0) is 9.53 Å². The van der Waals surface area contributed by atoms with Gasteiger partial charge >= 0.3 is 5.97 Å². The molecule has 2 heteroatoms. The molecule has 0 bridgehead atoms. The normalized spacial score (nSPS) is 11.8. The Morgan fingerprint density at radius 1 is 0.283 bits per heavy atom. The summed E-state index contributed by atoms with van der Waals surface area (Å²) in [5.41, 5.74) is 0. The number of unbranched alkanes of at least 4 members (excludes halogenated alkanes) is 45. The van der Waals surface area contributed by atoms with Crippen molar-refractivity contribution in [2.24, 2.45) is 0 Å². The van der Waals surface area contributed by atoms with Crippen LogP contribution in [0, 0.1) is 0 Å². The third-order valence-corrected chi connectivity index (χ3v) is 13.1. The highest BCUT2D eigenvalue weighted by atomic mass is 16.5. The number of carbonyl (C=O) groups excluding carboxylic acids is 1. The summed E-state index contributed by atoms with van der Waals surface area (Å²) in [5, 5.41) is 0. The van der Waals surface area contributed by atoms with Crippen LogP contribution in [0.15, 0.2) is 24.3 Å². The number of carbonyl (C=O) groups is 1. The van der Waals surface area contributed by atoms with Gasteiger partial charge in [0.25, 0.3) is 0 Å². The molecule has 0 unspecified atom stereocenters. The zero-order valence-electron chi connectivity index (χ0n) is 41.7. The topological polar surface area (TPSA) is 26.3 Å². The minimum Gasteiger partial charge on any atom is -0.466 e. The molecule has 0 saturated carbocycles. The van der Waals surface area contributed by atoms with Crippen molar-refractivity contribution in [3.8, 4) is 0 Å². The number of rotatable bonds is 53. The second kappa shape index (κ2) is 56.0. The smallest absolute Gasteiger partial charge is 0.305 e. The van der Waals surface area contributed by atoms with Gasteiger partial charge in [0.1, 0.15) is 0 Å². The number of ether oxygens (including phenoxy) is 1. The fourth-order valence-corrected chi connectivity index (χ4v) is 8.88. The fraction of sp³-hybridized carbons (Fsp3) is 0.914. The molecule has 0 saturated heterocycles. The van der Waals surface area contributed by atoms with Crippen LogP contribution in [0.5, 0.6) is 0 Å². The highest BCUT2D eigenvalue weighted by Gasteiger charge is 2.03. The molecule has 0 aromatic rings. The van der Waals surface area contributed by atoms with Crippen molar-refractivity contribution in [1.82, 2.24) is 0 Å². The molecule has 0 radical (unpaired) electrons. The lowest BCUT2D eigenvalue weighted by atomic mass is 10.0. The maximum Gasteiger partial charge on any atom is 0.305 e. The van der Waals surface area contributed by atoms with Crippen molar-refractivity contribution in [2.75, 3.05) is 6.61 Å². The average Bonchev–Trinajstić information content (AvgIpc) is 3.25. The molecule has 0 N–H and O–H groups in total. The number of esters is 1. The average molecular weight is 842 g/mol. The van der Waals surface area contributed by atoms with Crippen molar-refractivity contribution in [2.45, 2.75) is 335 Å². The Hall–Kier alpha value is -1.05. The Balaban J connectivity index is 3.16. The zero-order valence-corrected chi connectivity index (χ0v) is 41.7. The van der Waals surface area contributed by atoms with E-state index in [0.717, 1.165) is 19.3 Å². The van der Waals surface area contributed by atoms with Gasteiger partial charge in [0.05, 0.1) is 6.61 Å². The van der Waals surface area contributed by atoms with Gasteiger partial charge in [-0.15, -0.1) is 0 Å². The van der Waals surface area contributed by atoms with E-state index in [1.807, 2.05) is 0 Å². The molecule has 0 aliphatic rings. The van der Waals surface area contributed by atoms with Gasteiger partial charge in [0, 0.05) is 6.42 Å². The molecule has 0 heterocycles. The molecule has 0 fully saturated rings. The van der Waals surface area contributed by atoms with E-state index in [1.165, 1.54) is 295 Å². The van der Waals surface area contributed by atoms with Crippen LogP contribution in [0.1, 0.15) is 335 Å². The van der Waals surface area contributed by atoms with E-state index in [-0.39, 0.29) is 5.97 Å². The quantitative estimate of drug-likeness (QED) is 0.0346. The molecular formula is C58H112O2. The van der Waals surface area contributed by atoms with Crippen molar-refractivity contribution in [1.29, 1.82) is 0 Å². The van der Waals surface area contributed by atoms with Gasteiger partial charge in [-0.1, -0.05) is 308 Å². The molecule has 356 valence electrons. The molecule has 0 aliphatic heterocycles. The van der Waals surface area contributed by atoms with Gasteiger partial charge < -0.3 is 4.74 Å². The lowest BCUT2D eigenvalue weighted by Crippen LogP contribution is -2.05. The minimum absolute atomic E-state index is 0.0221. The minimum atomic E-state index is 0.0221. The molecule has 60 heavy (non-hydrogen) atoms. The predicted octanol–water partition coefficient (Wildman–Crippen LogP) is 21.2. The van der Waals surface area contributed by atoms with E-state index in [4.69, 9.17) is 4.74 Å². The molecule has 2 nitrogen and oxygen atoms in total. The lowest BCUT2D eigenvalue weighted by Gasteiger charge is -2.06. The number of hydrogen-bond acceptors (Lipinski definition) is 2. The molecule has 0 aliphatic carbocycles. The maximum absolute atomic E-state index is 12.1. The molecular weight excluding hydrogens is 729 g/mol. The Morgan fingerprint density at radius 2 is 0.517 bits per heavy atom.